The molecule has 0 heterocycles. The number of unbranched alkanes of at least 4 members (excludes halogenated alkanes) is 6. The normalized spacial score (nSPS) is 13.3. The summed E-state index contributed by atoms with van der Waals surface area (Å²) >= 11 is 0. The highest BCUT2D eigenvalue weighted by atomic mass is 32.2. The van der Waals surface area contributed by atoms with Crippen LogP contribution in [0.15, 0.2) is 0 Å². The Kier molecular flexibility index (Phi) is 12.8. The van der Waals surface area contributed by atoms with Gasteiger partial charge in [-0.05, 0) is 24.7 Å². The van der Waals surface area contributed by atoms with Crippen molar-refractivity contribution >= 4 is 10.0 Å². The zero-order valence-corrected chi connectivity index (χ0v) is 17.8. The lowest BCUT2D eigenvalue weighted by atomic mass is 10.0. The van der Waals surface area contributed by atoms with E-state index in [1.165, 1.54) is 0 Å². The number of alkyl halides is 3. The Hall–Kier alpha value is -0.300. The van der Waals surface area contributed by atoms with Gasteiger partial charge in [0.2, 0.25) is 0 Å². The third-order valence-corrected chi connectivity index (χ3v) is 6.14. The zero-order chi connectivity index (χ0) is 20.2. The van der Waals surface area contributed by atoms with Gasteiger partial charge < -0.3 is 0 Å². The molecular formula is C19H38F3NO2S. The third-order valence-electron chi connectivity index (χ3n) is 4.51. The minimum absolute atomic E-state index is 0.0322. The first-order chi connectivity index (χ1) is 12.0. The van der Waals surface area contributed by atoms with Gasteiger partial charge in [-0.25, -0.2) is 8.42 Å². The van der Waals surface area contributed by atoms with Gasteiger partial charge in [0.05, 0.1) is 0 Å². The van der Waals surface area contributed by atoms with Crippen LogP contribution in [-0.2, 0) is 10.0 Å². The van der Waals surface area contributed by atoms with Gasteiger partial charge in [0, 0.05) is 13.1 Å². The number of rotatable bonds is 15. The Labute approximate surface area is 158 Å². The van der Waals surface area contributed by atoms with Crippen molar-refractivity contribution in [3.05, 3.63) is 0 Å². The molecule has 0 aliphatic carbocycles. The Morgan fingerprint density at radius 2 is 1.04 bits per heavy atom. The van der Waals surface area contributed by atoms with Crippen molar-refractivity contribution in [1.29, 1.82) is 0 Å². The predicted molar refractivity (Wildman–Crippen MR) is 102 cm³/mol. The number of halogens is 3. The summed E-state index contributed by atoms with van der Waals surface area (Å²) in [4.78, 5) is 0. The summed E-state index contributed by atoms with van der Waals surface area (Å²) in [5.74, 6) is 1.24. The summed E-state index contributed by atoms with van der Waals surface area (Å²) in [6.45, 7) is 8.49. The van der Waals surface area contributed by atoms with Crippen LogP contribution in [0.3, 0.4) is 0 Å². The molecule has 0 saturated carbocycles. The molecule has 3 nitrogen and oxygen atoms in total. The molecule has 0 aliphatic heterocycles. The van der Waals surface area contributed by atoms with Crippen molar-refractivity contribution in [2.45, 2.75) is 97.4 Å². The summed E-state index contributed by atoms with van der Waals surface area (Å²) in [7, 11) is -5.22. The number of nitrogens with zero attached hydrogens (tertiary/aromatic N) is 1. The van der Waals surface area contributed by atoms with E-state index >= 15 is 0 Å². The van der Waals surface area contributed by atoms with E-state index in [9.17, 15) is 21.6 Å². The van der Waals surface area contributed by atoms with Crippen LogP contribution in [0.25, 0.3) is 0 Å². The van der Waals surface area contributed by atoms with Gasteiger partial charge in [-0.15, -0.1) is 0 Å². The number of sulfonamides is 1. The Balaban J connectivity index is 4.36. The molecule has 0 N–H and O–H groups in total. The average molecular weight is 402 g/mol. The molecule has 0 aromatic carbocycles. The molecule has 0 aromatic heterocycles. The first kappa shape index (κ1) is 25.7. The van der Waals surface area contributed by atoms with E-state index in [1.54, 1.807) is 0 Å². The number of hydrogen-bond acceptors (Lipinski definition) is 2. The summed E-state index contributed by atoms with van der Waals surface area (Å²) < 4.78 is 62.9. The Morgan fingerprint density at radius 3 is 1.35 bits per heavy atom. The van der Waals surface area contributed by atoms with Crippen molar-refractivity contribution in [3.63, 3.8) is 0 Å². The quantitative estimate of drug-likeness (QED) is 0.300. The van der Waals surface area contributed by atoms with Gasteiger partial charge in [-0.2, -0.15) is 17.5 Å². The van der Waals surface area contributed by atoms with Crippen molar-refractivity contribution in [2.75, 3.05) is 13.1 Å². The van der Waals surface area contributed by atoms with Gasteiger partial charge in [0.25, 0.3) is 0 Å². The maximum Gasteiger partial charge on any atom is 0.511 e. The Bertz CT molecular complexity index is 428. The van der Waals surface area contributed by atoms with Gasteiger partial charge in [0.1, 0.15) is 0 Å². The molecule has 0 radical (unpaired) electrons. The molecule has 0 bridgehead atoms. The van der Waals surface area contributed by atoms with Crippen LogP contribution in [0, 0.1) is 11.8 Å². The second kappa shape index (κ2) is 13.0. The fourth-order valence-corrected chi connectivity index (χ4v) is 3.92. The van der Waals surface area contributed by atoms with Crippen LogP contribution in [0.2, 0.25) is 0 Å². The molecule has 0 spiro atoms. The first-order valence-electron chi connectivity index (χ1n) is 10.0. The summed E-state index contributed by atoms with van der Waals surface area (Å²) in [6.07, 6.45) is 8.67. The van der Waals surface area contributed by atoms with Gasteiger partial charge in [-0.1, -0.05) is 79.1 Å². The minimum Gasteiger partial charge on any atom is -0.203 e. The fraction of sp³-hybridized carbons (Fsp3) is 1.00. The van der Waals surface area contributed by atoms with Crippen molar-refractivity contribution in [1.82, 2.24) is 4.31 Å². The molecular weight excluding hydrogens is 363 g/mol. The van der Waals surface area contributed by atoms with Crippen LogP contribution in [0.4, 0.5) is 13.2 Å². The molecule has 0 aromatic rings. The number of hydrogen-bond donors (Lipinski definition) is 0. The largest absolute Gasteiger partial charge is 0.511 e. The van der Waals surface area contributed by atoms with Crippen LogP contribution >= 0.6 is 0 Å². The molecule has 0 amide bonds. The van der Waals surface area contributed by atoms with Crippen LogP contribution < -0.4 is 0 Å². The topological polar surface area (TPSA) is 37.4 Å². The Morgan fingerprint density at radius 1 is 0.692 bits per heavy atom. The second-order valence-electron chi connectivity index (χ2n) is 8.04. The SMILES string of the molecule is CC(C)CCCCCCN(CCCCCCC(C)C)S(=O)(=O)C(F)(F)F. The standard InChI is InChI=1S/C19H38F3NO2S/c1-17(2)13-9-5-7-11-15-23(26(24,25)19(20,21)22)16-12-8-6-10-14-18(3)4/h17-18H,5-16H2,1-4H3. The highest BCUT2D eigenvalue weighted by Gasteiger charge is 2.49. The van der Waals surface area contributed by atoms with Crippen molar-refractivity contribution < 1.29 is 21.6 Å². The monoisotopic (exact) mass is 401 g/mol. The highest BCUT2D eigenvalue weighted by molar-refractivity contribution is 7.90. The lowest BCUT2D eigenvalue weighted by molar-refractivity contribution is -0.0489. The van der Waals surface area contributed by atoms with Gasteiger partial charge in [0.15, 0.2) is 0 Å². The van der Waals surface area contributed by atoms with E-state index in [2.05, 4.69) is 27.7 Å². The van der Waals surface area contributed by atoms with Crippen LogP contribution in [0.1, 0.15) is 91.9 Å². The smallest absolute Gasteiger partial charge is 0.203 e. The lowest BCUT2D eigenvalue weighted by Crippen LogP contribution is -2.41. The second-order valence-corrected chi connectivity index (χ2v) is 9.97. The van der Waals surface area contributed by atoms with E-state index in [1.807, 2.05) is 0 Å². The lowest BCUT2D eigenvalue weighted by Gasteiger charge is -2.23. The van der Waals surface area contributed by atoms with Crippen molar-refractivity contribution in [2.24, 2.45) is 11.8 Å². The molecule has 26 heavy (non-hydrogen) atoms. The molecule has 0 rings (SSSR count). The molecule has 158 valence electrons. The maximum absolute atomic E-state index is 12.9. The summed E-state index contributed by atoms with van der Waals surface area (Å²) in [5, 5.41) is 0. The van der Waals surface area contributed by atoms with Gasteiger partial charge in [-0.3, -0.25) is 0 Å². The van der Waals surface area contributed by atoms with E-state index < -0.39 is 15.5 Å². The minimum atomic E-state index is -5.22. The fourth-order valence-electron chi connectivity index (χ4n) is 2.89. The van der Waals surface area contributed by atoms with Crippen LogP contribution in [0.5, 0.6) is 0 Å². The zero-order valence-electron chi connectivity index (χ0n) is 16.9. The highest BCUT2D eigenvalue weighted by Crippen LogP contribution is 2.27. The van der Waals surface area contributed by atoms with E-state index in [0.29, 0.717) is 29.0 Å². The molecule has 0 saturated heterocycles. The summed E-state index contributed by atoms with van der Waals surface area (Å²) in [5.41, 5.74) is -5.21. The van der Waals surface area contributed by atoms with E-state index in [4.69, 9.17) is 0 Å². The molecule has 0 unspecified atom stereocenters. The molecule has 0 aliphatic rings. The van der Waals surface area contributed by atoms with Crippen LogP contribution in [-0.4, -0.2) is 31.3 Å². The van der Waals surface area contributed by atoms with Gasteiger partial charge >= 0.3 is 15.5 Å². The third kappa shape index (κ3) is 11.4. The average Bonchev–Trinajstić information content (AvgIpc) is 2.49. The van der Waals surface area contributed by atoms with Crippen molar-refractivity contribution in [3.8, 4) is 0 Å². The molecule has 0 fully saturated rings. The summed E-state index contributed by atoms with van der Waals surface area (Å²) in [6, 6.07) is 0. The predicted octanol–water partition coefficient (Wildman–Crippen LogP) is 6.35. The molecule has 0 atom stereocenters. The molecule has 7 heteroatoms. The maximum atomic E-state index is 12.9. The first-order valence-corrected chi connectivity index (χ1v) is 11.5. The van der Waals surface area contributed by atoms with E-state index in [0.717, 1.165) is 51.4 Å². The van der Waals surface area contributed by atoms with E-state index in [-0.39, 0.29) is 13.1 Å².